The molecule has 0 spiro atoms. The molecule has 0 atom stereocenters. The molecular weight excluding hydrogens is 278 g/mol. The number of thiophene rings is 1. The molecular formula is C13H21N3O3S. The number of hydrazine groups is 1. The van der Waals surface area contributed by atoms with Gasteiger partial charge in [0, 0.05) is 19.6 Å². The average Bonchev–Trinajstić information content (AvgIpc) is 2.94. The van der Waals surface area contributed by atoms with Gasteiger partial charge < -0.3 is 9.84 Å². The molecule has 1 aliphatic rings. The molecule has 1 fully saturated rings. The molecule has 1 saturated heterocycles. The zero-order valence-electron chi connectivity index (χ0n) is 11.4. The van der Waals surface area contributed by atoms with Gasteiger partial charge in [0.25, 0.3) is 5.91 Å². The van der Waals surface area contributed by atoms with E-state index in [0.717, 1.165) is 38.0 Å². The van der Waals surface area contributed by atoms with E-state index in [-0.39, 0.29) is 18.6 Å². The molecule has 2 heterocycles. The molecule has 2 rings (SSSR count). The van der Waals surface area contributed by atoms with Crippen LogP contribution in [0.15, 0.2) is 11.4 Å². The molecule has 20 heavy (non-hydrogen) atoms. The highest BCUT2D eigenvalue weighted by atomic mass is 32.1. The molecule has 0 aliphatic carbocycles. The maximum absolute atomic E-state index is 11.6. The Balaban J connectivity index is 1.84. The number of aliphatic hydroxyl groups excluding tert-OH is 1. The van der Waals surface area contributed by atoms with Crippen molar-refractivity contribution >= 4 is 17.2 Å². The van der Waals surface area contributed by atoms with E-state index in [0.29, 0.717) is 11.5 Å². The van der Waals surface area contributed by atoms with Crippen LogP contribution in [0.2, 0.25) is 0 Å². The lowest BCUT2D eigenvalue weighted by atomic mass is 10.1. The molecule has 1 aliphatic heterocycles. The first kappa shape index (κ1) is 15.4. The van der Waals surface area contributed by atoms with E-state index in [1.54, 1.807) is 0 Å². The van der Waals surface area contributed by atoms with Gasteiger partial charge in [-0.3, -0.25) is 15.1 Å². The normalized spacial score (nSPS) is 17.3. The Morgan fingerprint density at radius 2 is 2.30 bits per heavy atom. The number of ether oxygens (including phenoxy) is 1. The Labute approximate surface area is 122 Å². The summed E-state index contributed by atoms with van der Waals surface area (Å²) in [7, 11) is 0. The summed E-state index contributed by atoms with van der Waals surface area (Å²) in [5, 5.41) is 10.7. The second kappa shape index (κ2) is 7.70. The fraction of sp³-hybridized carbons (Fsp3) is 0.615. The maximum Gasteiger partial charge on any atom is 0.275 e. The first-order valence-corrected chi connectivity index (χ1v) is 7.64. The van der Waals surface area contributed by atoms with Crippen molar-refractivity contribution in [2.24, 2.45) is 5.84 Å². The number of hydrogen-bond acceptors (Lipinski definition) is 6. The summed E-state index contributed by atoms with van der Waals surface area (Å²) in [4.78, 5) is 14.6. The fourth-order valence-corrected chi connectivity index (χ4v) is 3.24. The SMILES string of the molecule is NNC(=O)c1sccc1CN1CCC(OCCO)CC1. The summed E-state index contributed by atoms with van der Waals surface area (Å²) in [6, 6.07) is 1.98. The molecule has 0 saturated carbocycles. The van der Waals surface area contributed by atoms with Gasteiger partial charge in [-0.05, 0) is 29.9 Å². The van der Waals surface area contributed by atoms with Crippen molar-refractivity contribution in [3.63, 3.8) is 0 Å². The van der Waals surface area contributed by atoms with Crippen LogP contribution in [0.25, 0.3) is 0 Å². The van der Waals surface area contributed by atoms with Gasteiger partial charge >= 0.3 is 0 Å². The predicted octanol–water partition coefficient (Wildman–Crippen LogP) is 0.325. The monoisotopic (exact) mass is 299 g/mol. The predicted molar refractivity (Wildman–Crippen MR) is 77.3 cm³/mol. The van der Waals surface area contributed by atoms with Gasteiger partial charge in [-0.2, -0.15) is 0 Å². The van der Waals surface area contributed by atoms with Crippen LogP contribution in [0.1, 0.15) is 28.1 Å². The van der Waals surface area contributed by atoms with Gasteiger partial charge in [0.15, 0.2) is 0 Å². The van der Waals surface area contributed by atoms with E-state index in [2.05, 4.69) is 10.3 Å². The molecule has 1 aromatic rings. The number of amides is 1. The first-order valence-electron chi connectivity index (χ1n) is 6.76. The van der Waals surface area contributed by atoms with Crippen molar-refractivity contribution in [2.75, 3.05) is 26.3 Å². The average molecular weight is 299 g/mol. The lowest BCUT2D eigenvalue weighted by Gasteiger charge is -2.31. The summed E-state index contributed by atoms with van der Waals surface area (Å²) in [6.45, 7) is 3.13. The summed E-state index contributed by atoms with van der Waals surface area (Å²) in [6.07, 6.45) is 2.16. The smallest absolute Gasteiger partial charge is 0.275 e. The third-order valence-electron chi connectivity index (χ3n) is 3.46. The summed E-state index contributed by atoms with van der Waals surface area (Å²) < 4.78 is 5.54. The van der Waals surface area contributed by atoms with Crippen molar-refractivity contribution in [3.05, 3.63) is 21.9 Å². The topological polar surface area (TPSA) is 87.8 Å². The molecule has 112 valence electrons. The third kappa shape index (κ3) is 4.00. The van der Waals surface area contributed by atoms with Gasteiger partial charge in [0.1, 0.15) is 0 Å². The number of piperidine rings is 1. The second-order valence-electron chi connectivity index (χ2n) is 4.82. The third-order valence-corrected chi connectivity index (χ3v) is 4.41. The Hall–Kier alpha value is -0.990. The number of rotatable bonds is 6. The highest BCUT2D eigenvalue weighted by molar-refractivity contribution is 7.12. The van der Waals surface area contributed by atoms with Crippen LogP contribution in [-0.4, -0.2) is 48.3 Å². The number of likely N-dealkylation sites (tertiary alicyclic amines) is 1. The number of carbonyl (C=O) groups excluding carboxylic acids is 1. The maximum atomic E-state index is 11.6. The van der Waals surface area contributed by atoms with Crippen LogP contribution in [-0.2, 0) is 11.3 Å². The van der Waals surface area contributed by atoms with Crippen molar-refractivity contribution in [1.29, 1.82) is 0 Å². The molecule has 1 amide bonds. The summed E-state index contributed by atoms with van der Waals surface area (Å²) >= 11 is 1.41. The molecule has 4 N–H and O–H groups in total. The van der Waals surface area contributed by atoms with Crippen molar-refractivity contribution in [2.45, 2.75) is 25.5 Å². The molecule has 6 nitrogen and oxygen atoms in total. The lowest BCUT2D eigenvalue weighted by molar-refractivity contribution is -0.00902. The van der Waals surface area contributed by atoms with Gasteiger partial charge in [0.05, 0.1) is 24.2 Å². The minimum atomic E-state index is -0.226. The second-order valence-corrected chi connectivity index (χ2v) is 5.73. The number of nitrogen functional groups attached to an aromatic ring is 1. The molecule has 0 aromatic carbocycles. The highest BCUT2D eigenvalue weighted by Gasteiger charge is 2.21. The number of aliphatic hydroxyl groups is 1. The summed E-state index contributed by atoms with van der Waals surface area (Å²) in [5.41, 5.74) is 3.21. The number of nitrogens with two attached hydrogens (primary N) is 1. The van der Waals surface area contributed by atoms with Gasteiger partial charge in [0.2, 0.25) is 0 Å². The van der Waals surface area contributed by atoms with E-state index < -0.39 is 0 Å². The van der Waals surface area contributed by atoms with Crippen LogP contribution in [0, 0.1) is 0 Å². The van der Waals surface area contributed by atoms with E-state index in [4.69, 9.17) is 15.7 Å². The van der Waals surface area contributed by atoms with Crippen molar-refractivity contribution in [1.82, 2.24) is 10.3 Å². The Morgan fingerprint density at radius 3 is 2.95 bits per heavy atom. The molecule has 0 bridgehead atoms. The minimum Gasteiger partial charge on any atom is -0.394 e. The van der Waals surface area contributed by atoms with Crippen molar-refractivity contribution < 1.29 is 14.6 Å². The molecule has 1 aromatic heterocycles. The Kier molecular flexibility index (Phi) is 5.93. The van der Waals surface area contributed by atoms with Crippen LogP contribution in [0.3, 0.4) is 0 Å². The first-order chi connectivity index (χ1) is 9.74. The largest absolute Gasteiger partial charge is 0.394 e. The number of nitrogens with zero attached hydrogens (tertiary/aromatic N) is 1. The Morgan fingerprint density at radius 1 is 1.55 bits per heavy atom. The van der Waals surface area contributed by atoms with E-state index >= 15 is 0 Å². The van der Waals surface area contributed by atoms with E-state index in [1.165, 1.54) is 11.3 Å². The standard InChI is InChI=1S/C13H21N3O3S/c14-15-13(18)12-10(3-8-20-12)9-16-4-1-11(2-5-16)19-7-6-17/h3,8,11,17H,1-2,4-7,9,14H2,(H,15,18). The van der Waals surface area contributed by atoms with Crippen LogP contribution in [0.4, 0.5) is 0 Å². The lowest BCUT2D eigenvalue weighted by Crippen LogP contribution is -2.37. The van der Waals surface area contributed by atoms with Crippen molar-refractivity contribution in [3.8, 4) is 0 Å². The molecule has 0 unspecified atom stereocenters. The van der Waals surface area contributed by atoms with Gasteiger partial charge in [-0.1, -0.05) is 0 Å². The van der Waals surface area contributed by atoms with Gasteiger partial charge in [-0.25, -0.2) is 5.84 Å². The molecule has 0 radical (unpaired) electrons. The van der Waals surface area contributed by atoms with Crippen LogP contribution < -0.4 is 11.3 Å². The fourth-order valence-electron chi connectivity index (χ4n) is 2.42. The van der Waals surface area contributed by atoms with Gasteiger partial charge in [-0.15, -0.1) is 11.3 Å². The number of carbonyl (C=O) groups is 1. The number of hydrogen-bond donors (Lipinski definition) is 3. The zero-order valence-corrected chi connectivity index (χ0v) is 12.2. The quantitative estimate of drug-likeness (QED) is 0.400. The molecule has 7 heteroatoms. The number of nitrogens with one attached hydrogen (secondary N) is 1. The van der Waals surface area contributed by atoms with Crippen LogP contribution >= 0.6 is 11.3 Å². The van der Waals surface area contributed by atoms with Crippen LogP contribution in [0.5, 0.6) is 0 Å². The Bertz CT molecular complexity index is 430. The highest BCUT2D eigenvalue weighted by Crippen LogP contribution is 2.21. The zero-order chi connectivity index (χ0) is 14.4. The van der Waals surface area contributed by atoms with E-state index in [9.17, 15) is 4.79 Å². The minimum absolute atomic E-state index is 0.0761. The summed E-state index contributed by atoms with van der Waals surface area (Å²) in [5.74, 6) is 4.96. The van der Waals surface area contributed by atoms with E-state index in [1.807, 2.05) is 11.4 Å².